The number of carbonyl (C=O) groups excluding carboxylic acids is 1. The number of carbonyl (C=O) groups is 1. The maximum absolute atomic E-state index is 11.9. The number of phenolic OH excluding ortho intramolecular Hbond substituents is 1. The number of hydrogen-bond acceptors (Lipinski definition) is 3. The molecule has 0 saturated carbocycles. The molecule has 0 spiro atoms. The van der Waals surface area contributed by atoms with Gasteiger partial charge in [-0.3, -0.25) is 4.79 Å². The number of anilines is 1. The van der Waals surface area contributed by atoms with Gasteiger partial charge in [-0.15, -0.1) is 0 Å². The van der Waals surface area contributed by atoms with E-state index >= 15 is 0 Å². The second-order valence-corrected chi connectivity index (χ2v) is 3.83. The summed E-state index contributed by atoms with van der Waals surface area (Å²) in [5.74, 6) is -0.448. The van der Waals surface area contributed by atoms with Gasteiger partial charge in [-0.1, -0.05) is 24.3 Å². The van der Waals surface area contributed by atoms with Crippen LogP contribution in [0.4, 0.5) is 5.69 Å². The first-order chi connectivity index (χ1) is 8.70. The van der Waals surface area contributed by atoms with Crippen molar-refractivity contribution in [2.24, 2.45) is 0 Å². The van der Waals surface area contributed by atoms with Crippen LogP contribution in [0.25, 0.3) is 0 Å². The molecule has 2 aromatic carbocycles. The Hall–Kier alpha value is -2.33. The molecule has 0 aliphatic heterocycles. The Bertz CT molecular complexity index is 566. The van der Waals surface area contributed by atoms with E-state index in [9.17, 15) is 9.90 Å². The minimum absolute atomic E-state index is 0.0617. The van der Waals surface area contributed by atoms with Gasteiger partial charge in [0.05, 0.1) is 12.2 Å². The largest absolute Gasteiger partial charge is 0.507 e. The molecule has 2 rings (SSSR count). The zero-order valence-corrected chi connectivity index (χ0v) is 9.63. The van der Waals surface area contributed by atoms with Crippen molar-refractivity contribution in [2.75, 3.05) is 5.32 Å². The smallest absolute Gasteiger partial charge is 0.259 e. The number of phenols is 1. The second kappa shape index (κ2) is 5.33. The van der Waals surface area contributed by atoms with Gasteiger partial charge in [0.25, 0.3) is 5.91 Å². The van der Waals surface area contributed by atoms with Crippen LogP contribution in [0.15, 0.2) is 48.5 Å². The summed E-state index contributed by atoms with van der Waals surface area (Å²) >= 11 is 0. The highest BCUT2D eigenvalue weighted by Gasteiger charge is 2.10. The topological polar surface area (TPSA) is 69.6 Å². The Morgan fingerprint density at radius 3 is 2.61 bits per heavy atom. The molecule has 0 aliphatic carbocycles. The van der Waals surface area contributed by atoms with Gasteiger partial charge in [0.2, 0.25) is 0 Å². The molecule has 0 saturated heterocycles. The van der Waals surface area contributed by atoms with E-state index in [0.29, 0.717) is 11.3 Å². The normalized spacial score (nSPS) is 10.1. The monoisotopic (exact) mass is 243 g/mol. The zero-order valence-electron chi connectivity index (χ0n) is 9.63. The summed E-state index contributed by atoms with van der Waals surface area (Å²) in [6, 6.07) is 13.2. The number of aliphatic hydroxyl groups excluding tert-OH is 1. The van der Waals surface area contributed by atoms with Crippen molar-refractivity contribution in [3.8, 4) is 5.75 Å². The highest BCUT2D eigenvalue weighted by atomic mass is 16.3. The molecule has 3 N–H and O–H groups in total. The van der Waals surface area contributed by atoms with Crippen molar-refractivity contribution in [1.29, 1.82) is 0 Å². The standard InChI is InChI=1S/C14H13NO3/c16-9-10-4-3-5-11(8-10)15-14(18)12-6-1-2-7-13(12)17/h1-8,16-17H,9H2,(H,15,18). The number of nitrogens with one attached hydrogen (secondary N) is 1. The highest BCUT2D eigenvalue weighted by molar-refractivity contribution is 6.06. The van der Waals surface area contributed by atoms with E-state index in [1.54, 1.807) is 42.5 Å². The molecule has 0 radical (unpaired) electrons. The third-order valence-corrected chi connectivity index (χ3v) is 2.52. The van der Waals surface area contributed by atoms with Crippen LogP contribution in [-0.4, -0.2) is 16.1 Å². The Morgan fingerprint density at radius 2 is 1.89 bits per heavy atom. The number of aliphatic hydroxyl groups is 1. The van der Waals surface area contributed by atoms with Gasteiger partial charge < -0.3 is 15.5 Å². The predicted molar refractivity (Wildman–Crippen MR) is 68.4 cm³/mol. The maximum atomic E-state index is 11.9. The Morgan fingerprint density at radius 1 is 1.11 bits per heavy atom. The lowest BCUT2D eigenvalue weighted by atomic mass is 10.1. The summed E-state index contributed by atoms with van der Waals surface area (Å²) in [7, 11) is 0. The fourth-order valence-electron chi connectivity index (χ4n) is 1.61. The summed E-state index contributed by atoms with van der Waals surface area (Å²) in [4.78, 5) is 11.9. The molecule has 0 bridgehead atoms. The maximum Gasteiger partial charge on any atom is 0.259 e. The fourth-order valence-corrected chi connectivity index (χ4v) is 1.61. The quantitative estimate of drug-likeness (QED) is 0.773. The molecule has 0 aliphatic rings. The van der Waals surface area contributed by atoms with Gasteiger partial charge in [0.15, 0.2) is 0 Å². The predicted octanol–water partition coefficient (Wildman–Crippen LogP) is 2.14. The van der Waals surface area contributed by atoms with E-state index < -0.39 is 0 Å². The fraction of sp³-hybridized carbons (Fsp3) is 0.0714. The minimum Gasteiger partial charge on any atom is -0.507 e. The number of hydrogen-bond donors (Lipinski definition) is 3. The van der Waals surface area contributed by atoms with E-state index in [4.69, 9.17) is 5.11 Å². The van der Waals surface area contributed by atoms with Crippen molar-refractivity contribution < 1.29 is 15.0 Å². The Labute approximate surface area is 105 Å². The van der Waals surface area contributed by atoms with Crippen LogP contribution in [0, 0.1) is 0 Å². The van der Waals surface area contributed by atoms with Crippen molar-refractivity contribution >= 4 is 11.6 Å². The van der Waals surface area contributed by atoms with Crippen molar-refractivity contribution in [2.45, 2.75) is 6.61 Å². The average molecular weight is 243 g/mol. The summed E-state index contributed by atoms with van der Waals surface area (Å²) in [5.41, 5.74) is 1.51. The molecule has 0 fully saturated rings. The number of rotatable bonds is 3. The lowest BCUT2D eigenvalue weighted by Gasteiger charge is -2.07. The molecular formula is C14H13NO3. The molecule has 0 aromatic heterocycles. The van der Waals surface area contributed by atoms with E-state index in [1.807, 2.05) is 0 Å². The van der Waals surface area contributed by atoms with Gasteiger partial charge in [-0.2, -0.15) is 0 Å². The van der Waals surface area contributed by atoms with E-state index in [-0.39, 0.29) is 23.8 Å². The van der Waals surface area contributed by atoms with Gasteiger partial charge in [0.1, 0.15) is 5.75 Å². The van der Waals surface area contributed by atoms with Crippen LogP contribution in [0.2, 0.25) is 0 Å². The molecular weight excluding hydrogens is 230 g/mol. The Kier molecular flexibility index (Phi) is 3.60. The van der Waals surface area contributed by atoms with E-state index in [0.717, 1.165) is 0 Å². The van der Waals surface area contributed by atoms with Crippen LogP contribution in [-0.2, 0) is 6.61 Å². The molecule has 92 valence electrons. The zero-order chi connectivity index (χ0) is 13.0. The summed E-state index contributed by atoms with van der Waals surface area (Å²) < 4.78 is 0. The third-order valence-electron chi connectivity index (χ3n) is 2.52. The van der Waals surface area contributed by atoms with Crippen LogP contribution in [0.3, 0.4) is 0 Å². The van der Waals surface area contributed by atoms with Crippen molar-refractivity contribution in [3.63, 3.8) is 0 Å². The molecule has 4 nitrogen and oxygen atoms in total. The molecule has 1 amide bonds. The summed E-state index contributed by atoms with van der Waals surface area (Å²) in [6.45, 7) is -0.0830. The van der Waals surface area contributed by atoms with Gasteiger partial charge in [-0.25, -0.2) is 0 Å². The van der Waals surface area contributed by atoms with Crippen LogP contribution >= 0.6 is 0 Å². The molecule has 2 aromatic rings. The second-order valence-electron chi connectivity index (χ2n) is 3.83. The number of benzene rings is 2. The Balaban J connectivity index is 2.19. The van der Waals surface area contributed by atoms with E-state index in [1.165, 1.54) is 6.07 Å². The van der Waals surface area contributed by atoms with Crippen LogP contribution in [0.5, 0.6) is 5.75 Å². The molecule has 0 atom stereocenters. The number of para-hydroxylation sites is 1. The minimum atomic E-state index is -0.386. The van der Waals surface area contributed by atoms with Gasteiger partial charge >= 0.3 is 0 Å². The lowest BCUT2D eigenvalue weighted by Crippen LogP contribution is -2.12. The number of aromatic hydroxyl groups is 1. The molecule has 0 heterocycles. The number of amides is 1. The lowest BCUT2D eigenvalue weighted by molar-refractivity contribution is 0.102. The summed E-state index contributed by atoms with van der Waals surface area (Å²) in [5, 5.41) is 21.2. The molecule has 0 unspecified atom stereocenters. The van der Waals surface area contributed by atoms with Crippen molar-refractivity contribution in [3.05, 3.63) is 59.7 Å². The van der Waals surface area contributed by atoms with E-state index in [2.05, 4.69) is 5.32 Å². The molecule has 18 heavy (non-hydrogen) atoms. The van der Waals surface area contributed by atoms with Gasteiger partial charge in [0, 0.05) is 5.69 Å². The molecule has 4 heteroatoms. The first-order valence-electron chi connectivity index (χ1n) is 5.50. The van der Waals surface area contributed by atoms with Crippen LogP contribution < -0.4 is 5.32 Å². The van der Waals surface area contributed by atoms with Crippen LogP contribution in [0.1, 0.15) is 15.9 Å². The average Bonchev–Trinajstić information content (AvgIpc) is 2.39. The summed E-state index contributed by atoms with van der Waals surface area (Å²) in [6.07, 6.45) is 0. The first-order valence-corrected chi connectivity index (χ1v) is 5.50. The highest BCUT2D eigenvalue weighted by Crippen LogP contribution is 2.18. The van der Waals surface area contributed by atoms with Crippen molar-refractivity contribution in [1.82, 2.24) is 0 Å². The third kappa shape index (κ3) is 2.67. The van der Waals surface area contributed by atoms with Gasteiger partial charge in [-0.05, 0) is 29.8 Å². The first kappa shape index (κ1) is 12.1. The SMILES string of the molecule is O=C(Nc1cccc(CO)c1)c1ccccc1O.